The van der Waals surface area contributed by atoms with Crippen LogP contribution in [0.2, 0.25) is 0 Å². The predicted molar refractivity (Wildman–Crippen MR) is 105 cm³/mol. The molecule has 1 heterocycles. The second-order valence-electron chi connectivity index (χ2n) is 6.61. The van der Waals surface area contributed by atoms with Crippen LogP contribution in [0.4, 0.5) is 0 Å². The topological polar surface area (TPSA) is 88.6 Å². The highest BCUT2D eigenvalue weighted by Gasteiger charge is 2.15. The van der Waals surface area contributed by atoms with E-state index in [1.165, 1.54) is 11.1 Å². The zero-order valence-electron chi connectivity index (χ0n) is 16.1. The third-order valence-corrected chi connectivity index (χ3v) is 3.93. The van der Waals surface area contributed by atoms with Crippen molar-refractivity contribution >= 4 is 16.9 Å². The van der Waals surface area contributed by atoms with Crippen molar-refractivity contribution in [3.63, 3.8) is 0 Å². The summed E-state index contributed by atoms with van der Waals surface area (Å²) < 4.78 is 10.5. The van der Waals surface area contributed by atoms with Crippen LogP contribution in [0.3, 0.4) is 0 Å². The van der Waals surface area contributed by atoms with Gasteiger partial charge in [-0.25, -0.2) is 0 Å². The molecule has 6 heteroatoms. The van der Waals surface area contributed by atoms with Crippen LogP contribution >= 0.6 is 0 Å². The van der Waals surface area contributed by atoms with Gasteiger partial charge in [-0.05, 0) is 51.8 Å². The number of aromatic amines is 1. The Labute approximate surface area is 158 Å². The predicted octanol–water partition coefficient (Wildman–Crippen LogP) is 4.23. The Kier molecular flexibility index (Phi) is 6.82. The SMILES string of the molecule is CC(=O)Oc1c(O)c2ccc(OC/C=C(\C)CCC=C(C)C)cc2[nH]c1=O. The molecule has 0 unspecified atom stereocenters. The van der Waals surface area contributed by atoms with Gasteiger partial charge in [-0.1, -0.05) is 17.2 Å². The van der Waals surface area contributed by atoms with Gasteiger partial charge in [-0.15, -0.1) is 0 Å². The number of nitrogens with one attached hydrogen (secondary N) is 1. The lowest BCUT2D eigenvalue weighted by Gasteiger charge is -2.09. The number of rotatable bonds is 7. The fourth-order valence-electron chi connectivity index (χ4n) is 2.54. The van der Waals surface area contributed by atoms with Crippen molar-refractivity contribution in [3.05, 3.63) is 51.9 Å². The number of hydrogen-bond donors (Lipinski definition) is 2. The second-order valence-corrected chi connectivity index (χ2v) is 6.61. The van der Waals surface area contributed by atoms with E-state index in [9.17, 15) is 14.7 Å². The van der Waals surface area contributed by atoms with Crippen molar-refractivity contribution in [1.82, 2.24) is 4.98 Å². The van der Waals surface area contributed by atoms with Gasteiger partial charge in [0.2, 0.25) is 5.75 Å². The molecule has 27 heavy (non-hydrogen) atoms. The van der Waals surface area contributed by atoms with Crippen LogP contribution in [0.15, 0.2) is 46.3 Å². The van der Waals surface area contributed by atoms with Crippen LogP contribution in [0.1, 0.15) is 40.5 Å². The van der Waals surface area contributed by atoms with Gasteiger partial charge in [-0.3, -0.25) is 9.59 Å². The molecule has 0 saturated heterocycles. The quantitative estimate of drug-likeness (QED) is 0.562. The summed E-state index contributed by atoms with van der Waals surface area (Å²) in [5.74, 6) is -0.892. The van der Waals surface area contributed by atoms with Crippen molar-refractivity contribution in [2.45, 2.75) is 40.5 Å². The molecule has 0 amide bonds. The summed E-state index contributed by atoms with van der Waals surface area (Å²) in [6.45, 7) is 7.80. The van der Waals surface area contributed by atoms with Crippen LogP contribution in [-0.2, 0) is 4.79 Å². The number of fused-ring (bicyclic) bond motifs is 1. The Morgan fingerprint density at radius 2 is 1.93 bits per heavy atom. The summed E-state index contributed by atoms with van der Waals surface area (Å²) in [4.78, 5) is 25.7. The van der Waals surface area contributed by atoms with E-state index in [4.69, 9.17) is 9.47 Å². The first-order valence-corrected chi connectivity index (χ1v) is 8.77. The van der Waals surface area contributed by atoms with E-state index in [-0.39, 0.29) is 5.75 Å². The van der Waals surface area contributed by atoms with E-state index in [2.05, 4.69) is 31.8 Å². The number of aromatic nitrogens is 1. The standard InChI is InChI=1S/C21H25NO5/c1-13(2)6-5-7-14(3)10-11-26-16-8-9-17-18(12-16)22-21(25)20(19(17)24)27-15(4)23/h6,8-10,12H,5,7,11H2,1-4H3,(H2,22,24,25)/b14-10+. The lowest BCUT2D eigenvalue weighted by molar-refractivity contribution is -0.132. The molecule has 0 radical (unpaired) electrons. The highest BCUT2D eigenvalue weighted by Crippen LogP contribution is 2.32. The minimum absolute atomic E-state index is 0.367. The average molecular weight is 371 g/mol. The number of pyridine rings is 1. The highest BCUT2D eigenvalue weighted by atomic mass is 16.5. The largest absolute Gasteiger partial charge is 0.504 e. The fourth-order valence-corrected chi connectivity index (χ4v) is 2.54. The molecule has 2 N–H and O–H groups in total. The van der Waals surface area contributed by atoms with E-state index in [0.29, 0.717) is 23.3 Å². The van der Waals surface area contributed by atoms with Crippen molar-refractivity contribution in [2.75, 3.05) is 6.61 Å². The minimum Gasteiger partial charge on any atom is -0.504 e. The molecule has 0 spiro atoms. The van der Waals surface area contributed by atoms with Crippen LogP contribution in [0.25, 0.3) is 10.9 Å². The van der Waals surface area contributed by atoms with Gasteiger partial charge in [0.1, 0.15) is 12.4 Å². The summed E-state index contributed by atoms with van der Waals surface area (Å²) in [5, 5.41) is 10.6. The van der Waals surface area contributed by atoms with Crippen LogP contribution in [-0.4, -0.2) is 22.7 Å². The van der Waals surface area contributed by atoms with E-state index in [1.807, 2.05) is 6.08 Å². The monoisotopic (exact) mass is 371 g/mol. The van der Waals surface area contributed by atoms with E-state index < -0.39 is 17.3 Å². The van der Waals surface area contributed by atoms with Crippen molar-refractivity contribution in [2.24, 2.45) is 0 Å². The summed E-state index contributed by atoms with van der Waals surface area (Å²) in [6.07, 6.45) is 6.21. The number of aromatic hydroxyl groups is 1. The maximum atomic E-state index is 12.0. The molecular formula is C21H25NO5. The highest BCUT2D eigenvalue weighted by molar-refractivity contribution is 5.88. The number of ether oxygens (including phenoxy) is 2. The second kappa shape index (κ2) is 9.07. The normalized spacial score (nSPS) is 11.3. The van der Waals surface area contributed by atoms with E-state index >= 15 is 0 Å². The van der Waals surface area contributed by atoms with Gasteiger partial charge >= 0.3 is 5.97 Å². The Hall–Kier alpha value is -3.02. The molecule has 0 saturated carbocycles. The van der Waals surface area contributed by atoms with E-state index in [0.717, 1.165) is 19.8 Å². The molecule has 0 aliphatic rings. The van der Waals surface area contributed by atoms with Crippen LogP contribution in [0.5, 0.6) is 17.2 Å². The van der Waals surface area contributed by atoms with Gasteiger partial charge < -0.3 is 19.6 Å². The smallest absolute Gasteiger partial charge is 0.308 e. The molecular weight excluding hydrogens is 346 g/mol. The molecule has 1 aromatic heterocycles. The number of H-pyrrole nitrogens is 1. The third kappa shape index (κ3) is 5.74. The first kappa shape index (κ1) is 20.3. The first-order valence-electron chi connectivity index (χ1n) is 8.77. The summed E-state index contributed by atoms with van der Waals surface area (Å²) in [6, 6.07) is 4.92. The minimum atomic E-state index is -0.679. The Morgan fingerprint density at radius 3 is 2.59 bits per heavy atom. The van der Waals surface area contributed by atoms with Gasteiger partial charge in [0, 0.05) is 18.4 Å². The number of carbonyl (C=O) groups excluding carboxylic acids is 1. The molecule has 0 atom stereocenters. The molecule has 0 fully saturated rings. The summed E-state index contributed by atoms with van der Waals surface area (Å²) in [5.41, 5.74) is 2.27. The average Bonchev–Trinajstić information content (AvgIpc) is 2.58. The zero-order valence-corrected chi connectivity index (χ0v) is 16.1. The number of benzene rings is 1. The van der Waals surface area contributed by atoms with Crippen molar-refractivity contribution < 1.29 is 19.4 Å². The number of esters is 1. The Bertz CT molecular complexity index is 949. The summed E-state index contributed by atoms with van der Waals surface area (Å²) in [7, 11) is 0. The molecule has 1 aromatic carbocycles. The maximum Gasteiger partial charge on any atom is 0.308 e. The van der Waals surface area contributed by atoms with E-state index in [1.54, 1.807) is 18.2 Å². The lowest BCUT2D eigenvalue weighted by atomic mass is 10.1. The van der Waals surface area contributed by atoms with Crippen molar-refractivity contribution in [3.8, 4) is 17.2 Å². The van der Waals surface area contributed by atoms with Gasteiger partial charge in [0.15, 0.2) is 5.75 Å². The fraction of sp³-hybridized carbons (Fsp3) is 0.333. The third-order valence-electron chi connectivity index (χ3n) is 3.93. The van der Waals surface area contributed by atoms with Crippen LogP contribution in [0, 0.1) is 0 Å². The van der Waals surface area contributed by atoms with Gasteiger partial charge in [0.25, 0.3) is 5.56 Å². The molecule has 6 nitrogen and oxygen atoms in total. The van der Waals surface area contributed by atoms with Crippen LogP contribution < -0.4 is 15.0 Å². The molecule has 0 bridgehead atoms. The molecule has 0 aliphatic carbocycles. The number of allylic oxidation sites excluding steroid dienone is 3. The van der Waals surface area contributed by atoms with Gasteiger partial charge in [0.05, 0.1) is 5.52 Å². The molecule has 2 aromatic rings. The Morgan fingerprint density at radius 1 is 1.19 bits per heavy atom. The lowest BCUT2D eigenvalue weighted by Crippen LogP contribution is -2.14. The molecule has 0 aliphatic heterocycles. The maximum absolute atomic E-state index is 12.0. The number of hydrogen-bond acceptors (Lipinski definition) is 5. The zero-order chi connectivity index (χ0) is 20.0. The first-order chi connectivity index (χ1) is 12.8. The number of carbonyl (C=O) groups is 1. The molecule has 2 rings (SSSR count). The van der Waals surface area contributed by atoms with Gasteiger partial charge in [-0.2, -0.15) is 0 Å². The Balaban J connectivity index is 2.11. The summed E-state index contributed by atoms with van der Waals surface area (Å²) >= 11 is 0. The molecule has 144 valence electrons. The van der Waals surface area contributed by atoms with Crippen molar-refractivity contribution in [1.29, 1.82) is 0 Å².